The molecule has 3 nitrogen and oxygen atoms in total. The van der Waals surface area contributed by atoms with Crippen LogP contribution in [-0.2, 0) is 4.74 Å². The van der Waals surface area contributed by atoms with Crippen LogP contribution in [0.15, 0.2) is 71.7 Å². The highest BCUT2D eigenvalue weighted by atomic mass is 16.5. The highest BCUT2D eigenvalue weighted by Gasteiger charge is 2.27. The van der Waals surface area contributed by atoms with E-state index >= 15 is 0 Å². The first kappa shape index (κ1) is 11.9. The number of ether oxygens (including phenoxy) is 1. The highest BCUT2D eigenvalue weighted by Crippen LogP contribution is 2.25. The summed E-state index contributed by atoms with van der Waals surface area (Å²) in [5, 5.41) is 2.27. The van der Waals surface area contributed by atoms with Gasteiger partial charge < -0.3 is 4.74 Å². The van der Waals surface area contributed by atoms with Gasteiger partial charge in [-0.25, -0.2) is 9.79 Å². The lowest BCUT2D eigenvalue weighted by Crippen LogP contribution is -1.99. The maximum atomic E-state index is 11.8. The second-order valence-electron chi connectivity index (χ2n) is 4.88. The molecule has 0 atom stereocenters. The molecule has 0 aromatic heterocycles. The van der Waals surface area contributed by atoms with Gasteiger partial charge in [-0.1, -0.05) is 42.5 Å². The molecule has 0 saturated heterocycles. The summed E-state index contributed by atoms with van der Waals surface area (Å²) in [6, 6.07) is 21.3. The van der Waals surface area contributed by atoms with E-state index in [0.29, 0.717) is 11.5 Å². The smallest absolute Gasteiger partial charge is 0.345 e. The molecule has 1 heterocycles. The Balaban J connectivity index is 1.82. The van der Waals surface area contributed by atoms with Crippen LogP contribution in [0, 0.1) is 0 Å². The first-order valence-corrected chi connectivity index (χ1v) is 6.70. The van der Waals surface area contributed by atoms with Crippen LogP contribution in [-0.4, -0.2) is 11.9 Å². The molecule has 0 spiro atoms. The number of hydrogen-bond acceptors (Lipinski definition) is 3. The molecule has 3 aromatic rings. The third kappa shape index (κ3) is 1.99. The molecule has 1 aliphatic heterocycles. The fourth-order valence-electron chi connectivity index (χ4n) is 2.49. The molecular formula is C18H11NO2. The van der Waals surface area contributed by atoms with Crippen molar-refractivity contribution < 1.29 is 9.53 Å². The molecule has 0 fully saturated rings. The van der Waals surface area contributed by atoms with Gasteiger partial charge in [0.25, 0.3) is 0 Å². The predicted octanol–water partition coefficient (Wildman–Crippen LogP) is 4.09. The second-order valence-corrected chi connectivity index (χ2v) is 4.88. The summed E-state index contributed by atoms with van der Waals surface area (Å²) in [4.78, 5) is 16.2. The van der Waals surface area contributed by atoms with Crippen LogP contribution in [0.4, 0.5) is 5.69 Å². The number of hydrogen-bond donors (Lipinski definition) is 0. The maximum Gasteiger partial charge on any atom is 0.345 e. The SMILES string of the molecule is O=C1OC(=Nc2ccc3ccccc3c2)c2ccccc21. The number of benzene rings is 3. The predicted molar refractivity (Wildman–Crippen MR) is 82.0 cm³/mol. The van der Waals surface area contributed by atoms with Crippen LogP contribution in [0.3, 0.4) is 0 Å². The first-order valence-electron chi connectivity index (χ1n) is 6.70. The average Bonchev–Trinajstić information content (AvgIpc) is 2.84. The van der Waals surface area contributed by atoms with E-state index in [1.54, 1.807) is 6.07 Å². The van der Waals surface area contributed by atoms with Gasteiger partial charge in [-0.05, 0) is 35.0 Å². The minimum atomic E-state index is -0.342. The van der Waals surface area contributed by atoms with Crippen molar-refractivity contribution >= 4 is 28.3 Å². The maximum absolute atomic E-state index is 11.8. The summed E-state index contributed by atoms with van der Waals surface area (Å²) in [7, 11) is 0. The van der Waals surface area contributed by atoms with Crippen molar-refractivity contribution in [2.75, 3.05) is 0 Å². The van der Waals surface area contributed by atoms with E-state index < -0.39 is 0 Å². The number of carbonyl (C=O) groups excluding carboxylic acids is 1. The minimum absolute atomic E-state index is 0.342. The number of carbonyl (C=O) groups is 1. The summed E-state index contributed by atoms with van der Waals surface area (Å²) in [6.45, 7) is 0. The first-order chi connectivity index (χ1) is 10.3. The zero-order chi connectivity index (χ0) is 14.2. The standard InChI is InChI=1S/C18H11NO2/c20-18-16-8-4-3-7-15(16)17(21-18)19-14-10-9-12-5-1-2-6-13(12)11-14/h1-11H. The Morgan fingerprint density at radius 1 is 0.762 bits per heavy atom. The van der Waals surface area contributed by atoms with Gasteiger partial charge in [0, 0.05) is 0 Å². The molecule has 0 saturated carbocycles. The van der Waals surface area contributed by atoms with Gasteiger partial charge >= 0.3 is 5.97 Å². The summed E-state index contributed by atoms with van der Waals surface area (Å²) in [6.07, 6.45) is 0. The summed E-state index contributed by atoms with van der Waals surface area (Å²) >= 11 is 0. The molecule has 0 N–H and O–H groups in total. The molecule has 0 bridgehead atoms. The molecule has 4 rings (SSSR count). The Morgan fingerprint density at radius 2 is 1.48 bits per heavy atom. The highest BCUT2D eigenvalue weighted by molar-refractivity contribution is 6.17. The molecule has 0 amide bonds. The molecule has 0 radical (unpaired) electrons. The lowest BCUT2D eigenvalue weighted by atomic mass is 10.1. The summed E-state index contributed by atoms with van der Waals surface area (Å²) < 4.78 is 5.26. The Kier molecular flexibility index (Phi) is 2.57. The number of aliphatic imine (C=N–C) groups is 1. The van der Waals surface area contributed by atoms with E-state index in [9.17, 15) is 4.79 Å². The van der Waals surface area contributed by atoms with Gasteiger partial charge in [0.15, 0.2) is 0 Å². The fourth-order valence-corrected chi connectivity index (χ4v) is 2.49. The van der Waals surface area contributed by atoms with Crippen LogP contribution in [0.2, 0.25) is 0 Å². The van der Waals surface area contributed by atoms with E-state index in [1.165, 1.54) is 0 Å². The van der Waals surface area contributed by atoms with E-state index in [4.69, 9.17) is 4.74 Å². The number of cyclic esters (lactones) is 1. The van der Waals surface area contributed by atoms with E-state index in [2.05, 4.69) is 11.1 Å². The van der Waals surface area contributed by atoms with Gasteiger partial charge in [0.05, 0.1) is 16.8 Å². The lowest BCUT2D eigenvalue weighted by Gasteiger charge is -2.01. The molecule has 3 aromatic carbocycles. The van der Waals surface area contributed by atoms with Crippen molar-refractivity contribution in [1.82, 2.24) is 0 Å². The second kappa shape index (κ2) is 4.56. The zero-order valence-corrected chi connectivity index (χ0v) is 11.1. The zero-order valence-electron chi connectivity index (χ0n) is 11.1. The van der Waals surface area contributed by atoms with Crippen molar-refractivity contribution in [2.24, 2.45) is 4.99 Å². The van der Waals surface area contributed by atoms with Gasteiger partial charge in [-0.3, -0.25) is 0 Å². The number of nitrogens with zero attached hydrogens (tertiary/aromatic N) is 1. The van der Waals surface area contributed by atoms with Gasteiger partial charge in [0.1, 0.15) is 0 Å². The number of esters is 1. The molecule has 1 aliphatic rings. The molecule has 100 valence electrons. The van der Waals surface area contributed by atoms with E-state index in [0.717, 1.165) is 22.0 Å². The Bertz CT molecular complexity index is 896. The van der Waals surface area contributed by atoms with Crippen LogP contribution >= 0.6 is 0 Å². The minimum Gasteiger partial charge on any atom is -0.403 e. The summed E-state index contributed by atoms with van der Waals surface area (Å²) in [5.41, 5.74) is 2.08. The largest absolute Gasteiger partial charge is 0.403 e. The Labute approximate surface area is 121 Å². The van der Waals surface area contributed by atoms with E-state index in [-0.39, 0.29) is 5.97 Å². The average molecular weight is 273 g/mol. The van der Waals surface area contributed by atoms with Crippen LogP contribution in [0.25, 0.3) is 10.8 Å². The quantitative estimate of drug-likeness (QED) is 0.626. The van der Waals surface area contributed by atoms with Crippen molar-refractivity contribution in [1.29, 1.82) is 0 Å². The van der Waals surface area contributed by atoms with Crippen molar-refractivity contribution in [3.63, 3.8) is 0 Å². The third-order valence-electron chi connectivity index (χ3n) is 3.53. The number of fused-ring (bicyclic) bond motifs is 2. The molecule has 0 unspecified atom stereocenters. The lowest BCUT2D eigenvalue weighted by molar-refractivity contribution is 0.0737. The fraction of sp³-hybridized carbons (Fsp3) is 0. The van der Waals surface area contributed by atoms with Crippen LogP contribution < -0.4 is 0 Å². The van der Waals surface area contributed by atoms with E-state index in [1.807, 2.05) is 54.6 Å². The van der Waals surface area contributed by atoms with Gasteiger partial charge in [-0.2, -0.15) is 0 Å². The van der Waals surface area contributed by atoms with Crippen molar-refractivity contribution in [2.45, 2.75) is 0 Å². The van der Waals surface area contributed by atoms with Gasteiger partial charge in [0.2, 0.25) is 5.90 Å². The van der Waals surface area contributed by atoms with Crippen LogP contribution in [0.1, 0.15) is 15.9 Å². The van der Waals surface area contributed by atoms with Crippen molar-refractivity contribution in [3.8, 4) is 0 Å². The normalized spacial score (nSPS) is 15.2. The molecule has 21 heavy (non-hydrogen) atoms. The monoisotopic (exact) mass is 273 g/mol. The molecular weight excluding hydrogens is 262 g/mol. The van der Waals surface area contributed by atoms with Crippen molar-refractivity contribution in [3.05, 3.63) is 77.9 Å². The third-order valence-corrected chi connectivity index (χ3v) is 3.53. The number of rotatable bonds is 1. The van der Waals surface area contributed by atoms with Crippen LogP contribution in [0.5, 0.6) is 0 Å². The Morgan fingerprint density at radius 3 is 2.33 bits per heavy atom. The topological polar surface area (TPSA) is 38.7 Å². The van der Waals surface area contributed by atoms with Gasteiger partial charge in [-0.15, -0.1) is 0 Å². The summed E-state index contributed by atoms with van der Waals surface area (Å²) in [5.74, 6) is 0.0241. The Hall–Kier alpha value is -2.94. The molecule has 3 heteroatoms. The molecule has 0 aliphatic carbocycles.